The summed E-state index contributed by atoms with van der Waals surface area (Å²) in [4.78, 5) is 27.9. The lowest BCUT2D eigenvalue weighted by Crippen LogP contribution is -2.46. The van der Waals surface area contributed by atoms with Crippen molar-refractivity contribution in [3.63, 3.8) is 0 Å². The molecule has 3 rings (SSSR count). The van der Waals surface area contributed by atoms with E-state index in [4.69, 9.17) is 4.74 Å². The van der Waals surface area contributed by atoms with E-state index >= 15 is 0 Å². The molecule has 2 aliphatic heterocycles. The zero-order chi connectivity index (χ0) is 14.7. The Bertz CT molecular complexity index is 544. The van der Waals surface area contributed by atoms with Crippen LogP contribution in [0.2, 0.25) is 0 Å². The molecule has 2 heterocycles. The predicted octanol–water partition coefficient (Wildman–Crippen LogP) is -0.420. The number of ether oxygens (including phenoxy) is 1. The molecule has 0 atom stereocenters. The maximum atomic E-state index is 11.8. The third kappa shape index (κ3) is 3.25. The molecule has 0 radical (unpaired) electrons. The van der Waals surface area contributed by atoms with Crippen molar-refractivity contribution in [1.29, 1.82) is 0 Å². The fraction of sp³-hybridized carbons (Fsp3) is 0.714. The van der Waals surface area contributed by atoms with Crippen LogP contribution in [-0.4, -0.2) is 68.9 Å². The molecule has 2 aliphatic rings. The molecule has 6 nitrogen and oxygen atoms in total. The summed E-state index contributed by atoms with van der Waals surface area (Å²) in [5.41, 5.74) is 0.461. The molecular formula is C14H21N3O3S. The fourth-order valence-electron chi connectivity index (χ4n) is 2.80. The topological polar surface area (TPSA) is 61.9 Å². The van der Waals surface area contributed by atoms with Crippen LogP contribution in [0.1, 0.15) is 0 Å². The molecule has 116 valence electrons. The number of anilines is 2. The highest BCUT2D eigenvalue weighted by molar-refractivity contribution is 7.99. The summed E-state index contributed by atoms with van der Waals surface area (Å²) >= 11 is 1.89. The van der Waals surface area contributed by atoms with Gasteiger partial charge >= 0.3 is 0 Å². The van der Waals surface area contributed by atoms with Crippen LogP contribution < -0.4 is 21.1 Å². The number of thioether (sulfide) groups is 1. The predicted molar refractivity (Wildman–Crippen MR) is 86.6 cm³/mol. The number of nitrogens with zero attached hydrogens (tertiary/aromatic N) is 2. The summed E-state index contributed by atoms with van der Waals surface area (Å²) in [5.74, 6) is 2.04. The van der Waals surface area contributed by atoms with Crippen LogP contribution in [0.4, 0.5) is 11.4 Å². The quantitative estimate of drug-likeness (QED) is 0.741. The minimum absolute atomic E-state index is 0.323. The summed E-state index contributed by atoms with van der Waals surface area (Å²) in [6.07, 6.45) is 0. The van der Waals surface area contributed by atoms with E-state index in [-0.39, 0.29) is 10.9 Å². The zero-order valence-electron chi connectivity index (χ0n) is 12.1. The van der Waals surface area contributed by atoms with Crippen molar-refractivity contribution in [1.82, 2.24) is 4.90 Å². The van der Waals surface area contributed by atoms with Gasteiger partial charge in [0.2, 0.25) is 0 Å². The Hall–Kier alpha value is -1.05. The van der Waals surface area contributed by atoms with E-state index in [1.807, 2.05) is 11.8 Å². The minimum atomic E-state index is -0.356. The first-order chi connectivity index (χ1) is 10.3. The molecule has 7 heteroatoms. The maximum Gasteiger partial charge on any atom is 0.253 e. The standard InChI is InChI=1S/C14H21N3O3S/c18-13-11(15-1-2-16-3-7-20-8-4-16)12(14(13)19)17-5-9-21-10-6-17/h15H,1-10H2. The van der Waals surface area contributed by atoms with E-state index in [1.54, 1.807) is 0 Å². The SMILES string of the molecule is O=c1c(NCCN2CCOCC2)c(N2CCSCC2)c1=O. The van der Waals surface area contributed by atoms with Crippen molar-refractivity contribution in [3.05, 3.63) is 20.4 Å². The van der Waals surface area contributed by atoms with Crippen LogP contribution >= 0.6 is 11.8 Å². The summed E-state index contributed by atoms with van der Waals surface area (Å²) in [6, 6.07) is 0. The van der Waals surface area contributed by atoms with Crippen molar-refractivity contribution in [3.8, 4) is 0 Å². The third-order valence-corrected chi connectivity index (χ3v) is 4.99. The molecule has 0 aromatic heterocycles. The largest absolute Gasteiger partial charge is 0.379 e. The van der Waals surface area contributed by atoms with E-state index in [0.29, 0.717) is 17.9 Å². The Labute approximate surface area is 128 Å². The Kier molecular flexibility index (Phi) is 4.82. The average Bonchev–Trinajstić information content (AvgIpc) is 2.55. The summed E-state index contributed by atoms with van der Waals surface area (Å²) in [5, 5.41) is 3.17. The molecule has 0 unspecified atom stereocenters. The number of morpholine rings is 1. The monoisotopic (exact) mass is 311 g/mol. The summed E-state index contributed by atoms with van der Waals surface area (Å²) in [6.45, 7) is 6.69. The van der Waals surface area contributed by atoms with E-state index in [2.05, 4.69) is 15.1 Å². The van der Waals surface area contributed by atoms with Crippen molar-refractivity contribution < 1.29 is 4.74 Å². The van der Waals surface area contributed by atoms with E-state index in [0.717, 1.165) is 57.4 Å². The van der Waals surface area contributed by atoms with Crippen LogP contribution in [0.25, 0.3) is 0 Å². The van der Waals surface area contributed by atoms with Crippen molar-refractivity contribution in [2.45, 2.75) is 0 Å². The van der Waals surface area contributed by atoms with Crippen LogP contribution in [-0.2, 0) is 4.74 Å². The van der Waals surface area contributed by atoms with Crippen molar-refractivity contribution in [2.75, 3.05) is 74.2 Å². The fourth-order valence-corrected chi connectivity index (χ4v) is 3.70. The first-order valence-corrected chi connectivity index (χ1v) is 8.63. The molecule has 0 saturated carbocycles. The van der Waals surface area contributed by atoms with Crippen molar-refractivity contribution >= 4 is 23.1 Å². The molecule has 0 aliphatic carbocycles. The highest BCUT2D eigenvalue weighted by Crippen LogP contribution is 2.23. The summed E-state index contributed by atoms with van der Waals surface area (Å²) in [7, 11) is 0. The molecule has 0 spiro atoms. The highest BCUT2D eigenvalue weighted by atomic mass is 32.2. The van der Waals surface area contributed by atoms with Gasteiger partial charge in [0.15, 0.2) is 0 Å². The second-order valence-corrected chi connectivity index (χ2v) is 6.59. The third-order valence-electron chi connectivity index (χ3n) is 4.05. The van der Waals surface area contributed by atoms with Crippen LogP contribution in [0, 0.1) is 0 Å². The molecule has 1 aromatic carbocycles. The van der Waals surface area contributed by atoms with Gasteiger partial charge < -0.3 is 15.0 Å². The second kappa shape index (κ2) is 6.81. The van der Waals surface area contributed by atoms with Crippen LogP contribution in [0.15, 0.2) is 9.59 Å². The molecule has 1 aromatic rings. The van der Waals surface area contributed by atoms with Gasteiger partial charge in [-0.15, -0.1) is 0 Å². The van der Waals surface area contributed by atoms with Gasteiger partial charge in [0, 0.05) is 50.8 Å². The number of rotatable bonds is 5. The average molecular weight is 311 g/mol. The molecule has 2 saturated heterocycles. The Morgan fingerprint density at radius 2 is 1.76 bits per heavy atom. The first-order valence-electron chi connectivity index (χ1n) is 7.47. The van der Waals surface area contributed by atoms with Gasteiger partial charge in [-0.05, 0) is 0 Å². The van der Waals surface area contributed by atoms with Crippen LogP contribution in [0.3, 0.4) is 0 Å². The first kappa shape index (κ1) is 14.9. The van der Waals surface area contributed by atoms with Gasteiger partial charge in [0.05, 0.1) is 13.2 Å². The lowest BCUT2D eigenvalue weighted by atomic mass is 10.1. The van der Waals surface area contributed by atoms with Gasteiger partial charge in [0.1, 0.15) is 11.4 Å². The van der Waals surface area contributed by atoms with Gasteiger partial charge in [-0.1, -0.05) is 0 Å². The molecule has 1 N–H and O–H groups in total. The lowest BCUT2D eigenvalue weighted by Gasteiger charge is -2.31. The van der Waals surface area contributed by atoms with E-state index in [1.165, 1.54) is 0 Å². The Morgan fingerprint density at radius 3 is 2.48 bits per heavy atom. The number of hydrogen-bond acceptors (Lipinski definition) is 7. The molecule has 0 bridgehead atoms. The highest BCUT2D eigenvalue weighted by Gasteiger charge is 2.26. The van der Waals surface area contributed by atoms with Gasteiger partial charge in [-0.25, -0.2) is 0 Å². The molecule has 0 amide bonds. The second-order valence-electron chi connectivity index (χ2n) is 5.36. The molecule has 21 heavy (non-hydrogen) atoms. The van der Waals surface area contributed by atoms with E-state index < -0.39 is 0 Å². The zero-order valence-corrected chi connectivity index (χ0v) is 12.9. The number of hydrogen-bond donors (Lipinski definition) is 1. The van der Waals surface area contributed by atoms with Crippen LogP contribution in [0.5, 0.6) is 0 Å². The lowest BCUT2D eigenvalue weighted by molar-refractivity contribution is 0.0398. The maximum absolute atomic E-state index is 11.8. The Balaban J connectivity index is 1.56. The Morgan fingerprint density at radius 1 is 1.05 bits per heavy atom. The van der Waals surface area contributed by atoms with E-state index in [9.17, 15) is 9.59 Å². The normalized spacial score (nSPS) is 20.9. The van der Waals surface area contributed by atoms with Gasteiger partial charge in [-0.3, -0.25) is 14.5 Å². The number of nitrogens with one attached hydrogen (secondary N) is 1. The van der Waals surface area contributed by atoms with Gasteiger partial charge in [0.25, 0.3) is 10.9 Å². The van der Waals surface area contributed by atoms with Gasteiger partial charge in [-0.2, -0.15) is 11.8 Å². The van der Waals surface area contributed by atoms with Crippen molar-refractivity contribution in [2.24, 2.45) is 0 Å². The summed E-state index contributed by atoms with van der Waals surface area (Å²) < 4.78 is 5.31. The smallest absolute Gasteiger partial charge is 0.253 e. The molecule has 2 fully saturated rings. The minimum Gasteiger partial charge on any atom is -0.379 e. The molecular weight excluding hydrogens is 290 g/mol.